The molecule has 0 aliphatic carbocycles. The lowest BCUT2D eigenvalue weighted by molar-refractivity contribution is 0.0614. The highest BCUT2D eigenvalue weighted by Crippen LogP contribution is 2.19. The number of pyridine rings is 1. The van der Waals surface area contributed by atoms with Crippen LogP contribution in [0.1, 0.15) is 28.9 Å². The van der Waals surface area contributed by atoms with Crippen molar-refractivity contribution in [2.45, 2.75) is 19.8 Å². The van der Waals surface area contributed by atoms with Crippen LogP contribution in [0.25, 0.3) is 5.65 Å². The monoisotopic (exact) mass is 273 g/mol. The van der Waals surface area contributed by atoms with Gasteiger partial charge in [0.2, 0.25) is 0 Å². The molecule has 1 unspecified atom stereocenters. The van der Waals surface area contributed by atoms with Crippen LogP contribution in [0.5, 0.6) is 0 Å². The number of imidazole rings is 1. The molecule has 1 amide bonds. The lowest BCUT2D eigenvalue weighted by Crippen LogP contribution is -2.41. The largest absolute Gasteiger partial charge is 0.396 e. The zero-order chi connectivity index (χ0) is 14.1. The van der Waals surface area contributed by atoms with Crippen molar-refractivity contribution in [1.29, 1.82) is 0 Å². The van der Waals surface area contributed by atoms with Crippen LogP contribution in [0.15, 0.2) is 24.5 Å². The van der Waals surface area contributed by atoms with Crippen LogP contribution in [-0.4, -0.2) is 45.0 Å². The third-order valence-corrected chi connectivity index (χ3v) is 3.94. The maximum Gasteiger partial charge on any atom is 0.272 e. The third-order valence-electron chi connectivity index (χ3n) is 3.94. The van der Waals surface area contributed by atoms with E-state index in [0.29, 0.717) is 12.2 Å². The molecule has 1 aliphatic heterocycles. The van der Waals surface area contributed by atoms with Gasteiger partial charge in [0, 0.05) is 25.9 Å². The van der Waals surface area contributed by atoms with Crippen LogP contribution in [-0.2, 0) is 0 Å². The van der Waals surface area contributed by atoms with E-state index in [1.165, 1.54) is 0 Å². The zero-order valence-corrected chi connectivity index (χ0v) is 11.6. The van der Waals surface area contributed by atoms with Crippen LogP contribution in [0.4, 0.5) is 0 Å². The maximum atomic E-state index is 12.6. The standard InChI is InChI=1S/C15H19N3O2/c1-11-4-5-14-16-7-13(18(14)8-11)15(20)17-6-2-3-12(9-17)10-19/h4-5,7-8,12,19H,2-3,6,9-10H2,1H3. The number of amides is 1. The van der Waals surface area contributed by atoms with Gasteiger partial charge in [-0.15, -0.1) is 0 Å². The Bertz CT molecular complexity index is 635. The number of aliphatic hydroxyl groups is 1. The molecule has 1 atom stereocenters. The molecule has 1 fully saturated rings. The van der Waals surface area contributed by atoms with Crippen molar-refractivity contribution in [1.82, 2.24) is 14.3 Å². The number of piperidine rings is 1. The SMILES string of the molecule is Cc1ccc2ncc(C(=O)N3CCCC(CO)C3)n2c1. The molecule has 20 heavy (non-hydrogen) atoms. The van der Waals surface area contributed by atoms with E-state index in [9.17, 15) is 9.90 Å². The van der Waals surface area contributed by atoms with Crippen molar-refractivity contribution in [2.75, 3.05) is 19.7 Å². The number of hydrogen-bond acceptors (Lipinski definition) is 3. The molecule has 1 aliphatic rings. The Morgan fingerprint density at radius 3 is 3.15 bits per heavy atom. The fraction of sp³-hybridized carbons (Fsp3) is 0.467. The van der Waals surface area contributed by atoms with Crippen LogP contribution in [0, 0.1) is 12.8 Å². The highest BCUT2D eigenvalue weighted by atomic mass is 16.3. The molecule has 2 aromatic rings. The molecule has 106 valence electrons. The van der Waals surface area contributed by atoms with E-state index in [4.69, 9.17) is 0 Å². The van der Waals surface area contributed by atoms with Crippen molar-refractivity contribution in [3.8, 4) is 0 Å². The molecule has 3 heterocycles. The van der Waals surface area contributed by atoms with E-state index >= 15 is 0 Å². The van der Waals surface area contributed by atoms with Gasteiger partial charge in [-0.3, -0.25) is 9.20 Å². The summed E-state index contributed by atoms with van der Waals surface area (Å²) in [7, 11) is 0. The number of aryl methyl sites for hydroxylation is 1. The molecule has 0 saturated carbocycles. The van der Waals surface area contributed by atoms with E-state index in [-0.39, 0.29) is 18.4 Å². The maximum absolute atomic E-state index is 12.6. The Labute approximate surface area is 117 Å². The van der Waals surface area contributed by atoms with Gasteiger partial charge in [-0.05, 0) is 37.3 Å². The molecular formula is C15H19N3O2. The first kappa shape index (κ1) is 13.1. The van der Waals surface area contributed by atoms with Gasteiger partial charge in [0.25, 0.3) is 5.91 Å². The van der Waals surface area contributed by atoms with Gasteiger partial charge in [-0.25, -0.2) is 4.98 Å². The first-order valence-corrected chi connectivity index (χ1v) is 7.03. The number of nitrogens with zero attached hydrogens (tertiary/aromatic N) is 3. The quantitative estimate of drug-likeness (QED) is 0.902. The number of carbonyl (C=O) groups is 1. The summed E-state index contributed by atoms with van der Waals surface area (Å²) in [5, 5.41) is 9.27. The van der Waals surface area contributed by atoms with Gasteiger partial charge in [-0.2, -0.15) is 0 Å². The van der Waals surface area contributed by atoms with Gasteiger partial charge >= 0.3 is 0 Å². The number of hydrogen-bond donors (Lipinski definition) is 1. The Kier molecular flexibility index (Phi) is 3.44. The first-order valence-electron chi connectivity index (χ1n) is 7.03. The van der Waals surface area contributed by atoms with Gasteiger partial charge in [0.05, 0.1) is 6.20 Å². The van der Waals surface area contributed by atoms with E-state index < -0.39 is 0 Å². The molecule has 3 rings (SSSR count). The van der Waals surface area contributed by atoms with Crippen LogP contribution in [0.2, 0.25) is 0 Å². The van der Waals surface area contributed by atoms with Crippen molar-refractivity contribution < 1.29 is 9.90 Å². The Morgan fingerprint density at radius 2 is 2.35 bits per heavy atom. The Hall–Kier alpha value is -1.88. The van der Waals surface area contributed by atoms with Gasteiger partial charge in [-0.1, -0.05) is 6.07 Å². The van der Waals surface area contributed by atoms with Crippen LogP contribution < -0.4 is 0 Å². The van der Waals surface area contributed by atoms with E-state index in [1.54, 1.807) is 6.20 Å². The second-order valence-electron chi connectivity index (χ2n) is 5.52. The zero-order valence-electron chi connectivity index (χ0n) is 11.6. The van der Waals surface area contributed by atoms with E-state index in [2.05, 4.69) is 4.98 Å². The summed E-state index contributed by atoms with van der Waals surface area (Å²) >= 11 is 0. The molecule has 5 heteroatoms. The second kappa shape index (κ2) is 5.25. The minimum atomic E-state index is 0.00116. The molecule has 0 aromatic carbocycles. The summed E-state index contributed by atoms with van der Waals surface area (Å²) in [6, 6.07) is 3.90. The molecular weight excluding hydrogens is 254 g/mol. The molecule has 5 nitrogen and oxygen atoms in total. The summed E-state index contributed by atoms with van der Waals surface area (Å²) in [4.78, 5) is 18.7. The first-order chi connectivity index (χ1) is 9.69. The normalized spacial score (nSPS) is 19.5. The lowest BCUT2D eigenvalue weighted by Gasteiger charge is -2.31. The lowest BCUT2D eigenvalue weighted by atomic mass is 9.99. The summed E-state index contributed by atoms with van der Waals surface area (Å²) in [6.07, 6.45) is 5.52. The molecule has 0 spiro atoms. The Balaban J connectivity index is 1.90. The van der Waals surface area contributed by atoms with Gasteiger partial charge in [0.1, 0.15) is 11.3 Å². The number of rotatable bonds is 2. The van der Waals surface area contributed by atoms with Crippen molar-refractivity contribution >= 4 is 11.6 Å². The Morgan fingerprint density at radius 1 is 1.50 bits per heavy atom. The predicted molar refractivity (Wildman–Crippen MR) is 75.6 cm³/mol. The smallest absolute Gasteiger partial charge is 0.272 e. The molecule has 1 saturated heterocycles. The van der Waals surface area contributed by atoms with E-state index in [0.717, 1.165) is 30.6 Å². The van der Waals surface area contributed by atoms with E-state index in [1.807, 2.05) is 34.6 Å². The second-order valence-corrected chi connectivity index (χ2v) is 5.52. The number of carbonyl (C=O) groups excluding carboxylic acids is 1. The minimum Gasteiger partial charge on any atom is -0.396 e. The fourth-order valence-electron chi connectivity index (χ4n) is 2.81. The summed E-state index contributed by atoms with van der Waals surface area (Å²) in [5.41, 5.74) is 2.48. The molecule has 0 radical (unpaired) electrons. The minimum absolute atomic E-state index is 0.00116. The van der Waals surface area contributed by atoms with Gasteiger partial charge < -0.3 is 10.0 Å². The summed E-state index contributed by atoms with van der Waals surface area (Å²) in [5.74, 6) is 0.204. The van der Waals surface area contributed by atoms with Crippen molar-refractivity contribution in [3.63, 3.8) is 0 Å². The average molecular weight is 273 g/mol. The molecule has 2 aromatic heterocycles. The van der Waals surface area contributed by atoms with Crippen molar-refractivity contribution in [2.24, 2.45) is 5.92 Å². The number of likely N-dealkylation sites (tertiary alicyclic amines) is 1. The number of aromatic nitrogens is 2. The number of fused-ring (bicyclic) bond motifs is 1. The summed E-state index contributed by atoms with van der Waals surface area (Å²) in [6.45, 7) is 3.54. The highest BCUT2D eigenvalue weighted by Gasteiger charge is 2.25. The number of aliphatic hydroxyl groups excluding tert-OH is 1. The van der Waals surface area contributed by atoms with Crippen LogP contribution >= 0.6 is 0 Å². The topological polar surface area (TPSA) is 57.8 Å². The summed E-state index contributed by atoms with van der Waals surface area (Å²) < 4.78 is 1.85. The molecule has 0 bridgehead atoms. The van der Waals surface area contributed by atoms with Crippen molar-refractivity contribution in [3.05, 3.63) is 35.8 Å². The van der Waals surface area contributed by atoms with Crippen LogP contribution in [0.3, 0.4) is 0 Å². The molecule has 1 N–H and O–H groups in total. The highest BCUT2D eigenvalue weighted by molar-refractivity contribution is 5.93. The predicted octanol–water partition coefficient (Wildman–Crippen LogP) is 1.49. The average Bonchev–Trinajstić information content (AvgIpc) is 2.89. The fourth-order valence-corrected chi connectivity index (χ4v) is 2.81. The van der Waals surface area contributed by atoms with Gasteiger partial charge in [0.15, 0.2) is 0 Å². The third kappa shape index (κ3) is 2.29.